The van der Waals surface area contributed by atoms with E-state index < -0.39 is 5.60 Å². The van der Waals surface area contributed by atoms with E-state index in [9.17, 15) is 9.59 Å². The molecule has 0 aliphatic carbocycles. The first-order chi connectivity index (χ1) is 11.5. The van der Waals surface area contributed by atoms with Gasteiger partial charge in [0.05, 0.1) is 11.3 Å². The number of likely N-dealkylation sites (tertiary alicyclic amines) is 1. The summed E-state index contributed by atoms with van der Waals surface area (Å²) < 4.78 is 7.42. The molecule has 0 radical (unpaired) electrons. The fraction of sp³-hybridized carbons (Fsp3) is 0.588. The number of rotatable bonds is 6. The minimum Gasteiger partial charge on any atom is -0.376 e. The summed E-state index contributed by atoms with van der Waals surface area (Å²) >= 11 is 0. The van der Waals surface area contributed by atoms with Gasteiger partial charge in [0.2, 0.25) is 11.8 Å². The van der Waals surface area contributed by atoms with Crippen LogP contribution in [0.25, 0.3) is 6.08 Å². The largest absolute Gasteiger partial charge is 0.376 e. The van der Waals surface area contributed by atoms with Crippen molar-refractivity contribution < 1.29 is 14.3 Å². The Morgan fingerprint density at radius 1 is 1.50 bits per heavy atom. The first kappa shape index (κ1) is 18.2. The van der Waals surface area contributed by atoms with Crippen LogP contribution in [-0.2, 0) is 21.4 Å². The van der Waals surface area contributed by atoms with Gasteiger partial charge in [-0.2, -0.15) is 5.10 Å². The number of nitrogens with one attached hydrogen (secondary N) is 1. The van der Waals surface area contributed by atoms with Gasteiger partial charge in [-0.1, -0.05) is 0 Å². The number of aromatic nitrogens is 2. The number of ether oxygens (including phenoxy) is 1. The molecule has 1 N–H and O–H groups in total. The lowest BCUT2D eigenvalue weighted by Crippen LogP contribution is -2.51. The maximum atomic E-state index is 12.5. The molecule has 2 rings (SSSR count). The SMILES string of the molecule is CNC(=O)CC[C@@]1(OC)CCCN(C(=O)/C=C/c2ccnn2C)C1. The third-order valence-electron chi connectivity index (χ3n) is 4.63. The number of carbonyl (C=O) groups excluding carboxylic acids is 2. The second kappa shape index (κ2) is 8.10. The molecule has 1 saturated heterocycles. The van der Waals surface area contributed by atoms with E-state index in [0.717, 1.165) is 18.5 Å². The summed E-state index contributed by atoms with van der Waals surface area (Å²) in [5.41, 5.74) is 0.429. The fourth-order valence-electron chi connectivity index (χ4n) is 3.03. The molecule has 7 nitrogen and oxygen atoms in total. The lowest BCUT2D eigenvalue weighted by Gasteiger charge is -2.41. The smallest absolute Gasteiger partial charge is 0.246 e. The number of amides is 2. The maximum absolute atomic E-state index is 12.5. The number of nitrogens with zero attached hydrogens (tertiary/aromatic N) is 3. The standard InChI is InChI=1S/C17H26N4O3/c1-18-15(22)7-10-17(24-3)9-4-12-21(13-17)16(23)6-5-14-8-11-19-20(14)2/h5-6,8,11H,4,7,9-10,12-13H2,1-3H3,(H,18,22)/b6-5+/t17-/m0/s1. The van der Waals surface area contributed by atoms with Gasteiger partial charge in [0.1, 0.15) is 0 Å². The lowest BCUT2D eigenvalue weighted by molar-refractivity contribution is -0.136. The molecule has 132 valence electrons. The van der Waals surface area contributed by atoms with E-state index in [0.29, 0.717) is 25.9 Å². The van der Waals surface area contributed by atoms with Gasteiger partial charge in [-0.05, 0) is 31.4 Å². The summed E-state index contributed by atoms with van der Waals surface area (Å²) in [4.78, 5) is 25.8. The number of aryl methyl sites for hydroxylation is 1. The summed E-state index contributed by atoms with van der Waals surface area (Å²) in [5, 5.41) is 6.70. The average Bonchev–Trinajstić information content (AvgIpc) is 3.02. The van der Waals surface area contributed by atoms with E-state index in [1.165, 1.54) is 0 Å². The quantitative estimate of drug-likeness (QED) is 0.787. The molecular weight excluding hydrogens is 308 g/mol. The van der Waals surface area contributed by atoms with E-state index in [2.05, 4.69) is 10.4 Å². The summed E-state index contributed by atoms with van der Waals surface area (Å²) in [6, 6.07) is 1.85. The molecule has 2 amide bonds. The van der Waals surface area contributed by atoms with Crippen LogP contribution >= 0.6 is 0 Å². The van der Waals surface area contributed by atoms with Crippen molar-refractivity contribution in [3.8, 4) is 0 Å². The Labute approximate surface area is 142 Å². The van der Waals surface area contributed by atoms with E-state index in [4.69, 9.17) is 4.74 Å². The summed E-state index contributed by atoms with van der Waals surface area (Å²) in [6.07, 6.45) is 7.77. The van der Waals surface area contributed by atoms with Crippen LogP contribution in [-0.4, -0.2) is 59.3 Å². The van der Waals surface area contributed by atoms with E-state index in [1.807, 2.05) is 13.1 Å². The third-order valence-corrected chi connectivity index (χ3v) is 4.63. The molecule has 2 heterocycles. The number of piperidine rings is 1. The Hall–Kier alpha value is -2.15. The van der Waals surface area contributed by atoms with Crippen LogP contribution in [0.4, 0.5) is 0 Å². The summed E-state index contributed by atoms with van der Waals surface area (Å²) in [5.74, 6) is -0.0525. The van der Waals surface area contributed by atoms with Gasteiger partial charge in [0.15, 0.2) is 0 Å². The van der Waals surface area contributed by atoms with Crippen molar-refractivity contribution in [1.82, 2.24) is 20.0 Å². The molecule has 1 atom stereocenters. The van der Waals surface area contributed by atoms with Crippen molar-refractivity contribution in [2.45, 2.75) is 31.3 Å². The van der Waals surface area contributed by atoms with Gasteiger partial charge in [-0.25, -0.2) is 0 Å². The minimum absolute atomic E-state index is 0.00835. The Bertz CT molecular complexity index is 611. The molecule has 0 bridgehead atoms. The number of hydrogen-bond acceptors (Lipinski definition) is 4. The molecule has 1 aromatic rings. The van der Waals surface area contributed by atoms with Crippen LogP contribution in [0, 0.1) is 0 Å². The van der Waals surface area contributed by atoms with Crippen LogP contribution in [0.1, 0.15) is 31.4 Å². The molecule has 7 heteroatoms. The topological polar surface area (TPSA) is 76.5 Å². The summed E-state index contributed by atoms with van der Waals surface area (Å²) in [6.45, 7) is 1.22. The number of carbonyl (C=O) groups is 2. The van der Waals surface area contributed by atoms with Crippen molar-refractivity contribution in [2.75, 3.05) is 27.2 Å². The molecule has 0 saturated carbocycles. The van der Waals surface area contributed by atoms with Crippen LogP contribution in [0.15, 0.2) is 18.3 Å². The second-order valence-electron chi connectivity index (χ2n) is 6.14. The highest BCUT2D eigenvalue weighted by molar-refractivity contribution is 5.91. The molecule has 1 aliphatic heterocycles. The Morgan fingerprint density at radius 3 is 2.92 bits per heavy atom. The van der Waals surface area contributed by atoms with Crippen molar-refractivity contribution in [3.05, 3.63) is 24.0 Å². The van der Waals surface area contributed by atoms with Gasteiger partial charge in [-0.3, -0.25) is 14.3 Å². The molecule has 0 aromatic carbocycles. The molecule has 1 fully saturated rings. The highest BCUT2D eigenvalue weighted by Crippen LogP contribution is 2.29. The minimum atomic E-state index is -0.444. The van der Waals surface area contributed by atoms with Gasteiger partial charge < -0.3 is 15.0 Å². The third kappa shape index (κ3) is 4.44. The zero-order valence-electron chi connectivity index (χ0n) is 14.6. The van der Waals surface area contributed by atoms with Crippen molar-refractivity contribution in [1.29, 1.82) is 0 Å². The van der Waals surface area contributed by atoms with Gasteiger partial charge in [-0.15, -0.1) is 0 Å². The molecule has 24 heavy (non-hydrogen) atoms. The van der Waals surface area contributed by atoms with E-state index >= 15 is 0 Å². The van der Waals surface area contributed by atoms with Crippen LogP contribution in [0.5, 0.6) is 0 Å². The molecule has 0 spiro atoms. The van der Waals surface area contributed by atoms with E-state index in [-0.39, 0.29) is 11.8 Å². The number of hydrogen-bond donors (Lipinski definition) is 1. The van der Waals surface area contributed by atoms with Gasteiger partial charge in [0, 0.05) is 53.0 Å². The molecule has 1 aliphatic rings. The lowest BCUT2D eigenvalue weighted by atomic mass is 9.87. The predicted molar refractivity (Wildman–Crippen MR) is 91.1 cm³/mol. The average molecular weight is 334 g/mol. The highest BCUT2D eigenvalue weighted by Gasteiger charge is 2.36. The molecule has 1 aromatic heterocycles. The monoisotopic (exact) mass is 334 g/mol. The normalized spacial score (nSPS) is 21.2. The first-order valence-electron chi connectivity index (χ1n) is 8.20. The zero-order chi connectivity index (χ0) is 17.6. The number of methoxy groups -OCH3 is 1. The predicted octanol–water partition coefficient (Wildman–Crippen LogP) is 0.967. The Kier molecular flexibility index (Phi) is 6.14. The Balaban J connectivity index is 2.00. The first-order valence-corrected chi connectivity index (χ1v) is 8.20. The summed E-state index contributed by atoms with van der Waals surface area (Å²) in [7, 11) is 5.12. The fourth-order valence-corrected chi connectivity index (χ4v) is 3.03. The van der Waals surface area contributed by atoms with Crippen molar-refractivity contribution in [3.63, 3.8) is 0 Å². The highest BCUT2D eigenvalue weighted by atomic mass is 16.5. The molecule has 0 unspecified atom stereocenters. The van der Waals surface area contributed by atoms with Crippen LogP contribution in [0.2, 0.25) is 0 Å². The van der Waals surface area contributed by atoms with Crippen LogP contribution < -0.4 is 5.32 Å². The Morgan fingerprint density at radius 2 is 2.29 bits per heavy atom. The van der Waals surface area contributed by atoms with Gasteiger partial charge in [0.25, 0.3) is 0 Å². The second-order valence-corrected chi connectivity index (χ2v) is 6.14. The van der Waals surface area contributed by atoms with Gasteiger partial charge >= 0.3 is 0 Å². The maximum Gasteiger partial charge on any atom is 0.246 e. The van der Waals surface area contributed by atoms with E-state index in [1.54, 1.807) is 42.1 Å². The van der Waals surface area contributed by atoms with Crippen molar-refractivity contribution in [2.24, 2.45) is 7.05 Å². The molecular formula is C17H26N4O3. The zero-order valence-corrected chi connectivity index (χ0v) is 14.6. The van der Waals surface area contributed by atoms with Crippen molar-refractivity contribution >= 4 is 17.9 Å². The van der Waals surface area contributed by atoms with Crippen LogP contribution in [0.3, 0.4) is 0 Å².